The van der Waals surface area contributed by atoms with Crippen LogP contribution in [0.3, 0.4) is 0 Å². The number of nitrogens with zero attached hydrogens (tertiary/aromatic N) is 1. The van der Waals surface area contributed by atoms with Crippen molar-refractivity contribution in [1.82, 2.24) is 0 Å². The van der Waals surface area contributed by atoms with Crippen LogP contribution < -0.4 is 5.32 Å². The molecular weight excluding hydrogens is 397 g/mol. The maximum atomic E-state index is 13.3. The average Bonchev–Trinajstić information content (AvgIpc) is 2.82. The molecule has 1 atom stereocenters. The number of carbonyl (C=O) groups is 1. The molecule has 143 valence electrons. The Bertz CT molecular complexity index is 569. The quantitative estimate of drug-likeness (QED) is 0.618. The predicted octanol–water partition coefficient (Wildman–Crippen LogP) is 5.13. The van der Waals surface area contributed by atoms with E-state index in [1.807, 2.05) is 0 Å². The Labute approximate surface area is 185 Å². The first-order valence-electron chi connectivity index (χ1n) is 10.2. The van der Waals surface area contributed by atoms with Crippen LogP contribution in [0.2, 0.25) is 0 Å². The molecule has 1 fully saturated rings. The molecule has 1 aliphatic heterocycles. The molecule has 1 amide bonds. The maximum Gasteiger partial charge on any atom is 0.282 e. The number of carbonyl (C=O) groups excluding carboxylic acids is 1. The Balaban J connectivity index is 0.00000338. The predicted molar refractivity (Wildman–Crippen MR) is 107 cm³/mol. The van der Waals surface area contributed by atoms with Crippen molar-refractivity contribution in [2.75, 3.05) is 25.0 Å². The number of quaternary nitrogens is 1. The summed E-state index contributed by atoms with van der Waals surface area (Å²) in [5.74, 6) is 0.223. The minimum Gasteiger partial charge on any atom is -0.320 e. The largest absolute Gasteiger partial charge is 0.320 e. The molecule has 3 nitrogen and oxygen atoms in total. The van der Waals surface area contributed by atoms with Gasteiger partial charge in [-0.1, -0.05) is 24.6 Å². The number of hydrogen-bond acceptors (Lipinski definition) is 1. The summed E-state index contributed by atoms with van der Waals surface area (Å²) in [5, 5.41) is 3.31. The van der Waals surface area contributed by atoms with E-state index >= 15 is 0 Å². The fourth-order valence-corrected chi connectivity index (χ4v) is 4.68. The molecule has 1 radical (unpaired) electrons. The second-order valence-electron chi connectivity index (χ2n) is 7.96. The summed E-state index contributed by atoms with van der Waals surface area (Å²) in [6.45, 7) is 14.1. The van der Waals surface area contributed by atoms with Crippen LogP contribution in [-0.2, 0) is 37.5 Å². The standard InChI is InChI=1S/C22H36N2O.Y/c1-6-12-20(24(7-2)13-10-8-9-11-14-24)22(25)23-21-18(4)15-17(3)16-19(21)5;/h15-16,20H,6-14H2,1-5H3;/p+1. The molecule has 1 aromatic carbocycles. The number of aryl methyl sites for hydroxylation is 3. The first kappa shape index (κ1) is 23.8. The number of likely N-dealkylation sites (tertiary alicyclic amines) is 1. The van der Waals surface area contributed by atoms with E-state index in [4.69, 9.17) is 0 Å². The van der Waals surface area contributed by atoms with Crippen LogP contribution in [0.5, 0.6) is 0 Å². The van der Waals surface area contributed by atoms with Crippen LogP contribution in [0.15, 0.2) is 12.1 Å². The van der Waals surface area contributed by atoms with Crippen LogP contribution in [0, 0.1) is 20.8 Å². The van der Waals surface area contributed by atoms with Crippen molar-refractivity contribution in [1.29, 1.82) is 0 Å². The summed E-state index contributed by atoms with van der Waals surface area (Å²) in [7, 11) is 0. The number of rotatable bonds is 6. The Morgan fingerprint density at radius 2 is 1.58 bits per heavy atom. The molecule has 0 spiro atoms. The molecule has 1 heterocycles. The third-order valence-electron chi connectivity index (χ3n) is 6.04. The van der Waals surface area contributed by atoms with E-state index in [-0.39, 0.29) is 44.7 Å². The fraction of sp³-hybridized carbons (Fsp3) is 0.682. The van der Waals surface area contributed by atoms with Gasteiger partial charge in [-0.25, -0.2) is 0 Å². The van der Waals surface area contributed by atoms with Crippen molar-refractivity contribution >= 4 is 11.6 Å². The number of nitrogens with one attached hydrogen (secondary N) is 1. The molecule has 1 saturated heterocycles. The van der Waals surface area contributed by atoms with Gasteiger partial charge in [0.1, 0.15) is 0 Å². The van der Waals surface area contributed by atoms with Crippen LogP contribution in [-0.4, -0.2) is 36.1 Å². The number of likely N-dealkylation sites (N-methyl/N-ethyl adjacent to an activating group) is 1. The van der Waals surface area contributed by atoms with Crippen LogP contribution >= 0.6 is 0 Å². The normalized spacial score (nSPS) is 17.7. The molecule has 2 rings (SSSR count). The van der Waals surface area contributed by atoms with Gasteiger partial charge in [0.2, 0.25) is 0 Å². The molecule has 0 bridgehead atoms. The Hall–Kier alpha value is -0.246. The SMILES string of the molecule is CCCC(C(=O)Nc1c(C)cc(C)cc1C)[N+]1(CC)CCCCCC1.[Y]. The van der Waals surface area contributed by atoms with E-state index in [1.54, 1.807) is 0 Å². The zero-order chi connectivity index (χ0) is 18.4. The number of amides is 1. The van der Waals surface area contributed by atoms with Gasteiger partial charge < -0.3 is 9.80 Å². The first-order chi connectivity index (χ1) is 11.9. The van der Waals surface area contributed by atoms with Crippen molar-refractivity contribution in [3.63, 3.8) is 0 Å². The van der Waals surface area contributed by atoms with E-state index in [0.717, 1.165) is 42.6 Å². The molecular formula is C22H37N2OY+. The zero-order valence-electron chi connectivity index (χ0n) is 17.5. The van der Waals surface area contributed by atoms with E-state index in [1.165, 1.54) is 42.4 Å². The molecule has 26 heavy (non-hydrogen) atoms. The molecule has 4 heteroatoms. The number of hydrogen-bond donors (Lipinski definition) is 1. The van der Waals surface area contributed by atoms with Gasteiger partial charge in [0.05, 0.1) is 19.6 Å². The van der Waals surface area contributed by atoms with Gasteiger partial charge in [-0.2, -0.15) is 0 Å². The van der Waals surface area contributed by atoms with Gasteiger partial charge in [-0.15, -0.1) is 0 Å². The van der Waals surface area contributed by atoms with Crippen molar-refractivity contribution in [2.45, 2.75) is 79.2 Å². The van der Waals surface area contributed by atoms with Crippen molar-refractivity contribution < 1.29 is 42.0 Å². The summed E-state index contributed by atoms with van der Waals surface area (Å²) < 4.78 is 0.976. The summed E-state index contributed by atoms with van der Waals surface area (Å²) in [6.07, 6.45) is 7.18. The molecule has 1 aliphatic rings. The van der Waals surface area contributed by atoms with Gasteiger partial charge >= 0.3 is 0 Å². The topological polar surface area (TPSA) is 29.1 Å². The van der Waals surface area contributed by atoms with Gasteiger partial charge in [-0.05, 0) is 70.9 Å². The summed E-state index contributed by atoms with van der Waals surface area (Å²) >= 11 is 0. The van der Waals surface area contributed by atoms with Gasteiger partial charge in [-0.3, -0.25) is 4.79 Å². The maximum absolute atomic E-state index is 13.3. The summed E-state index contributed by atoms with van der Waals surface area (Å²) in [6, 6.07) is 4.40. The Kier molecular flexibility index (Phi) is 10.00. The van der Waals surface area contributed by atoms with Crippen molar-refractivity contribution in [2.24, 2.45) is 0 Å². The molecule has 1 aromatic rings. The minimum absolute atomic E-state index is 0. The third-order valence-corrected chi connectivity index (χ3v) is 6.04. The van der Waals surface area contributed by atoms with Crippen LogP contribution in [0.1, 0.15) is 69.1 Å². The van der Waals surface area contributed by atoms with Crippen LogP contribution in [0.4, 0.5) is 5.69 Å². The second kappa shape index (κ2) is 10.9. The third kappa shape index (κ3) is 5.63. The molecule has 0 aliphatic carbocycles. The van der Waals surface area contributed by atoms with E-state index in [9.17, 15) is 4.79 Å². The smallest absolute Gasteiger partial charge is 0.282 e. The van der Waals surface area contributed by atoms with Crippen LogP contribution in [0.25, 0.3) is 0 Å². The summed E-state index contributed by atoms with van der Waals surface area (Å²) in [4.78, 5) is 13.3. The van der Waals surface area contributed by atoms with E-state index < -0.39 is 0 Å². The van der Waals surface area contributed by atoms with Gasteiger partial charge in [0.15, 0.2) is 6.04 Å². The van der Waals surface area contributed by atoms with Gasteiger partial charge in [0, 0.05) is 44.8 Å². The molecule has 1 unspecified atom stereocenters. The van der Waals surface area contributed by atoms with Crippen molar-refractivity contribution in [3.8, 4) is 0 Å². The number of anilines is 1. The monoisotopic (exact) mass is 434 g/mol. The summed E-state index contributed by atoms with van der Waals surface area (Å²) in [5.41, 5.74) is 4.60. The second-order valence-corrected chi connectivity index (χ2v) is 7.96. The Morgan fingerprint density at radius 3 is 2.04 bits per heavy atom. The fourth-order valence-electron chi connectivity index (χ4n) is 4.68. The molecule has 0 saturated carbocycles. The van der Waals surface area contributed by atoms with Gasteiger partial charge in [0.25, 0.3) is 5.91 Å². The number of benzene rings is 1. The minimum atomic E-state index is 0. The average molecular weight is 434 g/mol. The molecule has 1 N–H and O–H groups in total. The van der Waals surface area contributed by atoms with E-state index in [2.05, 4.69) is 52.1 Å². The van der Waals surface area contributed by atoms with E-state index in [0.29, 0.717) is 0 Å². The first-order valence-corrected chi connectivity index (χ1v) is 10.2. The Morgan fingerprint density at radius 1 is 1.04 bits per heavy atom. The zero-order valence-corrected chi connectivity index (χ0v) is 20.4. The van der Waals surface area contributed by atoms with Crippen molar-refractivity contribution in [3.05, 3.63) is 28.8 Å². The molecule has 0 aromatic heterocycles.